The number of unbranched alkanes of at least 4 members (excludes halogenated alkanes) is 12. The third-order valence-electron chi connectivity index (χ3n) is 3.69. The summed E-state index contributed by atoms with van der Waals surface area (Å²) in [5, 5.41) is 2.45. The normalized spacial score (nSPS) is 10.5. The highest BCUT2D eigenvalue weighted by Crippen LogP contribution is 2.12. The lowest BCUT2D eigenvalue weighted by atomic mass is 10.0. The Morgan fingerprint density at radius 1 is 0.750 bits per heavy atom. The number of nitrogens with one attached hydrogen (secondary N) is 1. The number of ether oxygens (including phenoxy) is 1. The molecule has 0 aromatic rings. The predicted molar refractivity (Wildman–Crippen MR) is 86.1 cm³/mol. The zero-order valence-electron chi connectivity index (χ0n) is 13.7. The Bertz CT molecular complexity index is 207. The molecule has 0 saturated heterocycles. The van der Waals surface area contributed by atoms with Gasteiger partial charge in [-0.15, -0.1) is 0 Å². The van der Waals surface area contributed by atoms with Gasteiger partial charge in [0.2, 0.25) is 0 Å². The van der Waals surface area contributed by atoms with Gasteiger partial charge in [-0.3, -0.25) is 0 Å². The first-order valence-electron chi connectivity index (χ1n) is 8.65. The van der Waals surface area contributed by atoms with Crippen molar-refractivity contribution in [2.75, 3.05) is 13.7 Å². The Labute approximate surface area is 125 Å². The van der Waals surface area contributed by atoms with E-state index in [2.05, 4.69) is 12.2 Å². The largest absolute Gasteiger partial charge is 0.450 e. The zero-order chi connectivity index (χ0) is 14.9. The molecule has 0 fully saturated rings. The van der Waals surface area contributed by atoms with E-state index in [-0.39, 0.29) is 6.09 Å². The van der Waals surface area contributed by atoms with Crippen LogP contribution >= 0.6 is 0 Å². The number of amides is 1. The number of carbonyl (C=O) groups is 1. The van der Waals surface area contributed by atoms with E-state index in [0.717, 1.165) is 6.42 Å². The summed E-state index contributed by atoms with van der Waals surface area (Å²) in [4.78, 5) is 10.8. The van der Waals surface area contributed by atoms with Gasteiger partial charge < -0.3 is 10.1 Å². The van der Waals surface area contributed by atoms with Gasteiger partial charge in [0.25, 0.3) is 0 Å². The lowest BCUT2D eigenvalue weighted by molar-refractivity contribution is 0.146. The quantitative estimate of drug-likeness (QED) is 0.432. The van der Waals surface area contributed by atoms with Crippen molar-refractivity contribution in [2.45, 2.75) is 90.4 Å². The van der Waals surface area contributed by atoms with Crippen LogP contribution in [0.3, 0.4) is 0 Å². The summed E-state index contributed by atoms with van der Waals surface area (Å²) in [5.74, 6) is 0. The molecule has 20 heavy (non-hydrogen) atoms. The van der Waals surface area contributed by atoms with Gasteiger partial charge in [0.1, 0.15) is 0 Å². The summed E-state index contributed by atoms with van der Waals surface area (Å²) in [5.41, 5.74) is 0. The summed E-state index contributed by atoms with van der Waals surface area (Å²) in [6.07, 6.45) is 17.1. The lowest BCUT2D eigenvalue weighted by Gasteiger charge is -2.04. The number of carbonyl (C=O) groups excluding carboxylic acids is 1. The molecule has 0 aromatic carbocycles. The Hall–Kier alpha value is -0.730. The lowest BCUT2D eigenvalue weighted by Crippen LogP contribution is -2.19. The molecule has 0 aromatic heterocycles. The maximum atomic E-state index is 10.8. The van der Waals surface area contributed by atoms with Crippen molar-refractivity contribution in [3.05, 3.63) is 0 Å². The average molecular weight is 285 g/mol. The molecular weight excluding hydrogens is 250 g/mol. The van der Waals surface area contributed by atoms with Crippen molar-refractivity contribution < 1.29 is 9.53 Å². The monoisotopic (exact) mass is 285 g/mol. The fourth-order valence-corrected chi connectivity index (χ4v) is 2.36. The molecule has 1 N–H and O–H groups in total. The zero-order valence-corrected chi connectivity index (χ0v) is 13.7. The minimum Gasteiger partial charge on any atom is -0.450 e. The van der Waals surface area contributed by atoms with E-state index in [1.54, 1.807) is 7.05 Å². The second-order valence-electron chi connectivity index (χ2n) is 5.63. The molecule has 0 aliphatic heterocycles. The third kappa shape index (κ3) is 15.3. The molecule has 0 saturated carbocycles. The first kappa shape index (κ1) is 19.3. The van der Waals surface area contributed by atoms with Crippen LogP contribution in [0.15, 0.2) is 0 Å². The third-order valence-corrected chi connectivity index (χ3v) is 3.69. The molecule has 0 rings (SSSR count). The topological polar surface area (TPSA) is 38.3 Å². The summed E-state index contributed by atoms with van der Waals surface area (Å²) >= 11 is 0. The molecule has 0 radical (unpaired) electrons. The van der Waals surface area contributed by atoms with Gasteiger partial charge in [0.05, 0.1) is 6.61 Å². The molecule has 3 heteroatoms. The molecule has 1 amide bonds. The van der Waals surface area contributed by atoms with Crippen LogP contribution in [0.2, 0.25) is 0 Å². The summed E-state index contributed by atoms with van der Waals surface area (Å²) in [6.45, 7) is 2.82. The standard InChI is InChI=1S/C17H35NO2/c1-3-4-5-6-7-8-9-10-11-12-13-14-15-16-20-17(19)18-2/h3-16H2,1-2H3,(H,18,19). The Morgan fingerprint density at radius 3 is 1.55 bits per heavy atom. The number of rotatable bonds is 14. The maximum Gasteiger partial charge on any atom is 0.406 e. The van der Waals surface area contributed by atoms with E-state index >= 15 is 0 Å². The van der Waals surface area contributed by atoms with Crippen LogP contribution in [-0.2, 0) is 4.74 Å². The van der Waals surface area contributed by atoms with Gasteiger partial charge >= 0.3 is 6.09 Å². The molecular formula is C17H35NO2. The highest BCUT2D eigenvalue weighted by atomic mass is 16.5. The SMILES string of the molecule is CCCCCCCCCCCCCCCOC(=O)NC. The van der Waals surface area contributed by atoms with Crippen LogP contribution in [-0.4, -0.2) is 19.7 Å². The van der Waals surface area contributed by atoms with Crippen LogP contribution in [0.5, 0.6) is 0 Å². The Morgan fingerprint density at radius 2 is 1.15 bits per heavy atom. The van der Waals surface area contributed by atoms with Crippen molar-refractivity contribution >= 4 is 6.09 Å². The average Bonchev–Trinajstić information content (AvgIpc) is 2.47. The van der Waals surface area contributed by atoms with E-state index in [1.165, 1.54) is 77.0 Å². The molecule has 0 aliphatic rings. The van der Waals surface area contributed by atoms with Crippen LogP contribution in [0.4, 0.5) is 4.79 Å². The molecule has 3 nitrogen and oxygen atoms in total. The number of hydrogen-bond donors (Lipinski definition) is 1. The van der Waals surface area contributed by atoms with Gasteiger partial charge in [0.15, 0.2) is 0 Å². The van der Waals surface area contributed by atoms with E-state index in [0.29, 0.717) is 6.61 Å². The Balaban J connectivity index is 2.97. The fourth-order valence-electron chi connectivity index (χ4n) is 2.36. The highest BCUT2D eigenvalue weighted by Gasteiger charge is 1.97. The van der Waals surface area contributed by atoms with E-state index in [9.17, 15) is 4.79 Å². The summed E-state index contributed by atoms with van der Waals surface area (Å²) in [7, 11) is 1.59. The second kappa shape index (κ2) is 16.3. The molecule has 120 valence electrons. The van der Waals surface area contributed by atoms with Crippen LogP contribution in [0, 0.1) is 0 Å². The van der Waals surface area contributed by atoms with Crippen LogP contribution in [0.25, 0.3) is 0 Å². The minimum atomic E-state index is -0.316. The molecule has 0 aliphatic carbocycles. The van der Waals surface area contributed by atoms with Gasteiger partial charge in [-0.05, 0) is 6.42 Å². The molecule has 0 atom stereocenters. The second-order valence-corrected chi connectivity index (χ2v) is 5.63. The summed E-state index contributed by atoms with van der Waals surface area (Å²) in [6, 6.07) is 0. The van der Waals surface area contributed by atoms with Gasteiger partial charge in [-0.1, -0.05) is 84.0 Å². The molecule has 0 heterocycles. The molecule has 0 bridgehead atoms. The van der Waals surface area contributed by atoms with Gasteiger partial charge in [0, 0.05) is 7.05 Å². The highest BCUT2D eigenvalue weighted by molar-refractivity contribution is 5.66. The Kier molecular flexibility index (Phi) is 15.7. The predicted octanol–water partition coefficient (Wildman–Crippen LogP) is 5.43. The molecule has 0 unspecified atom stereocenters. The van der Waals surface area contributed by atoms with E-state index < -0.39 is 0 Å². The minimum absolute atomic E-state index is 0.316. The fraction of sp³-hybridized carbons (Fsp3) is 0.941. The van der Waals surface area contributed by atoms with Crippen molar-refractivity contribution in [3.8, 4) is 0 Å². The van der Waals surface area contributed by atoms with Crippen LogP contribution < -0.4 is 5.32 Å². The van der Waals surface area contributed by atoms with Gasteiger partial charge in [-0.2, -0.15) is 0 Å². The first-order chi connectivity index (χ1) is 9.81. The molecule has 0 spiro atoms. The van der Waals surface area contributed by atoms with Crippen molar-refractivity contribution in [3.63, 3.8) is 0 Å². The maximum absolute atomic E-state index is 10.8. The van der Waals surface area contributed by atoms with Crippen LogP contribution in [0.1, 0.15) is 90.4 Å². The number of alkyl carbamates (subject to hydrolysis) is 1. The van der Waals surface area contributed by atoms with Gasteiger partial charge in [-0.25, -0.2) is 4.79 Å². The van der Waals surface area contributed by atoms with E-state index in [4.69, 9.17) is 4.74 Å². The summed E-state index contributed by atoms with van der Waals surface area (Å²) < 4.78 is 4.94. The first-order valence-corrected chi connectivity index (χ1v) is 8.65. The van der Waals surface area contributed by atoms with Crippen molar-refractivity contribution in [1.29, 1.82) is 0 Å². The van der Waals surface area contributed by atoms with E-state index in [1.807, 2.05) is 0 Å². The smallest absolute Gasteiger partial charge is 0.406 e. The number of hydrogen-bond acceptors (Lipinski definition) is 2. The van der Waals surface area contributed by atoms with Crippen molar-refractivity contribution in [2.24, 2.45) is 0 Å². The van der Waals surface area contributed by atoms with Crippen molar-refractivity contribution in [1.82, 2.24) is 5.32 Å².